The van der Waals surface area contributed by atoms with Crippen LogP contribution in [-0.4, -0.2) is 30.1 Å². The van der Waals surface area contributed by atoms with E-state index in [0.717, 1.165) is 0 Å². The maximum Gasteiger partial charge on any atom is 0.371 e. The summed E-state index contributed by atoms with van der Waals surface area (Å²) in [6.07, 6.45) is 0. The van der Waals surface area contributed by atoms with Gasteiger partial charge in [0, 0.05) is 17.5 Å². The molecule has 17 heavy (non-hydrogen) atoms. The number of benzene rings is 1. The molecule has 0 saturated heterocycles. The Bertz CT molecular complexity index is 574. The Morgan fingerprint density at radius 1 is 1.41 bits per heavy atom. The minimum absolute atomic E-state index is 0.175. The summed E-state index contributed by atoms with van der Waals surface area (Å²) in [5, 5.41) is 9.30. The van der Waals surface area contributed by atoms with E-state index in [9.17, 15) is 9.18 Å². The van der Waals surface area contributed by atoms with Crippen molar-refractivity contribution in [2.45, 2.75) is 6.54 Å². The van der Waals surface area contributed by atoms with E-state index < -0.39 is 11.8 Å². The molecule has 0 fully saturated rings. The van der Waals surface area contributed by atoms with Crippen molar-refractivity contribution in [3.05, 3.63) is 35.3 Å². The quantitative estimate of drug-likeness (QED) is 0.890. The van der Waals surface area contributed by atoms with Crippen molar-refractivity contribution in [1.29, 1.82) is 0 Å². The molecule has 0 aliphatic rings. The van der Waals surface area contributed by atoms with Crippen molar-refractivity contribution < 1.29 is 18.7 Å². The number of halogens is 1. The molecule has 0 radical (unpaired) electrons. The molecule has 0 aliphatic carbocycles. The second kappa shape index (κ2) is 4.18. The fraction of sp³-hybridized carbons (Fsp3) is 0.250. The lowest BCUT2D eigenvalue weighted by molar-refractivity contribution is 0.0665. The number of furan rings is 1. The fourth-order valence-corrected chi connectivity index (χ4v) is 1.75. The van der Waals surface area contributed by atoms with E-state index in [2.05, 4.69) is 0 Å². The van der Waals surface area contributed by atoms with Crippen LogP contribution in [0.3, 0.4) is 0 Å². The number of hydrogen-bond acceptors (Lipinski definition) is 3. The van der Waals surface area contributed by atoms with E-state index >= 15 is 0 Å². The van der Waals surface area contributed by atoms with Crippen LogP contribution >= 0.6 is 0 Å². The number of fused-ring (bicyclic) bond motifs is 1. The predicted octanol–water partition coefficient (Wildman–Crippen LogP) is 2.33. The smallest absolute Gasteiger partial charge is 0.371 e. The normalized spacial score (nSPS) is 11.3. The number of hydrogen-bond donors (Lipinski definition) is 1. The number of carboxylic acid groups (broad SMARTS) is 1. The molecule has 90 valence electrons. The van der Waals surface area contributed by atoms with Crippen molar-refractivity contribution in [2.75, 3.05) is 14.1 Å². The molecule has 0 amide bonds. The van der Waals surface area contributed by atoms with Crippen LogP contribution in [0.15, 0.2) is 22.6 Å². The minimum atomic E-state index is -1.16. The van der Waals surface area contributed by atoms with Gasteiger partial charge in [-0.15, -0.1) is 0 Å². The van der Waals surface area contributed by atoms with Crippen LogP contribution in [0.1, 0.15) is 16.1 Å². The Morgan fingerprint density at radius 2 is 2.12 bits per heavy atom. The van der Waals surface area contributed by atoms with Crippen molar-refractivity contribution in [3.63, 3.8) is 0 Å². The number of aromatic carboxylic acids is 1. The fourth-order valence-electron chi connectivity index (χ4n) is 1.75. The van der Waals surface area contributed by atoms with Gasteiger partial charge in [-0.05, 0) is 32.3 Å². The molecule has 0 saturated carbocycles. The molecule has 0 spiro atoms. The number of carbonyl (C=O) groups is 1. The molecular weight excluding hydrogens is 225 g/mol. The Morgan fingerprint density at radius 3 is 2.71 bits per heavy atom. The van der Waals surface area contributed by atoms with Crippen molar-refractivity contribution in [3.8, 4) is 0 Å². The summed E-state index contributed by atoms with van der Waals surface area (Å²) in [5.41, 5.74) is 1.06. The highest BCUT2D eigenvalue weighted by molar-refractivity contribution is 5.92. The Balaban J connectivity index is 2.61. The maximum atomic E-state index is 13.4. The SMILES string of the molecule is CN(C)Cc1cc(F)cc2cc(C(=O)O)oc12. The Kier molecular flexibility index (Phi) is 2.85. The molecule has 4 nitrogen and oxygen atoms in total. The summed E-state index contributed by atoms with van der Waals surface area (Å²) in [4.78, 5) is 12.6. The average molecular weight is 237 g/mol. The van der Waals surface area contributed by atoms with Gasteiger partial charge >= 0.3 is 5.97 Å². The summed E-state index contributed by atoms with van der Waals surface area (Å²) in [7, 11) is 3.69. The molecule has 1 aromatic heterocycles. The first-order valence-electron chi connectivity index (χ1n) is 5.07. The van der Waals surface area contributed by atoms with E-state index in [0.29, 0.717) is 23.1 Å². The zero-order chi connectivity index (χ0) is 12.6. The van der Waals surface area contributed by atoms with Gasteiger partial charge in [-0.2, -0.15) is 0 Å². The second-order valence-corrected chi connectivity index (χ2v) is 4.14. The van der Waals surface area contributed by atoms with Gasteiger partial charge < -0.3 is 14.4 Å². The minimum Gasteiger partial charge on any atom is -0.475 e. The monoisotopic (exact) mass is 237 g/mol. The van der Waals surface area contributed by atoms with Crippen LogP contribution in [0.5, 0.6) is 0 Å². The number of nitrogens with zero attached hydrogens (tertiary/aromatic N) is 1. The third kappa shape index (κ3) is 2.29. The Labute approximate surface area is 97.2 Å². The standard InChI is InChI=1S/C12H12FNO3/c1-14(2)6-8-4-9(13)3-7-5-10(12(15)16)17-11(7)8/h3-5H,6H2,1-2H3,(H,15,16). The molecule has 0 unspecified atom stereocenters. The highest BCUT2D eigenvalue weighted by Crippen LogP contribution is 2.25. The summed E-state index contributed by atoms with van der Waals surface area (Å²) in [6, 6.07) is 3.96. The number of rotatable bonds is 3. The van der Waals surface area contributed by atoms with Gasteiger partial charge in [0.25, 0.3) is 0 Å². The molecule has 0 atom stereocenters. The van der Waals surface area contributed by atoms with Gasteiger partial charge in [0.05, 0.1) is 0 Å². The Hall–Kier alpha value is -1.88. The second-order valence-electron chi connectivity index (χ2n) is 4.14. The maximum absolute atomic E-state index is 13.4. The van der Waals surface area contributed by atoms with Gasteiger partial charge in [0.2, 0.25) is 5.76 Å². The summed E-state index contributed by atoms with van der Waals surface area (Å²) >= 11 is 0. The van der Waals surface area contributed by atoms with Gasteiger partial charge in [0.1, 0.15) is 11.4 Å². The van der Waals surface area contributed by atoms with Crippen LogP contribution in [-0.2, 0) is 6.54 Å². The first kappa shape index (κ1) is 11.6. The summed E-state index contributed by atoms with van der Waals surface area (Å²) < 4.78 is 18.6. The summed E-state index contributed by atoms with van der Waals surface area (Å²) in [5.74, 6) is -1.73. The lowest BCUT2D eigenvalue weighted by Gasteiger charge is -2.09. The molecule has 2 aromatic rings. The van der Waals surface area contributed by atoms with Gasteiger partial charge in [-0.3, -0.25) is 0 Å². The van der Waals surface area contributed by atoms with Gasteiger partial charge in [0.15, 0.2) is 0 Å². The molecule has 0 aliphatic heterocycles. The van der Waals surface area contributed by atoms with Crippen LogP contribution < -0.4 is 0 Å². The van der Waals surface area contributed by atoms with Gasteiger partial charge in [-0.1, -0.05) is 0 Å². The van der Waals surface area contributed by atoms with Crippen molar-refractivity contribution in [1.82, 2.24) is 4.90 Å². The van der Waals surface area contributed by atoms with E-state index in [4.69, 9.17) is 9.52 Å². The third-order valence-electron chi connectivity index (χ3n) is 2.36. The van der Waals surface area contributed by atoms with Crippen LogP contribution in [0.25, 0.3) is 11.0 Å². The molecule has 0 bridgehead atoms. The van der Waals surface area contributed by atoms with Gasteiger partial charge in [-0.25, -0.2) is 9.18 Å². The van der Waals surface area contributed by atoms with E-state index in [1.807, 2.05) is 19.0 Å². The lowest BCUT2D eigenvalue weighted by atomic mass is 10.1. The van der Waals surface area contributed by atoms with E-state index in [1.165, 1.54) is 18.2 Å². The zero-order valence-electron chi connectivity index (χ0n) is 9.53. The first-order chi connectivity index (χ1) is 7.97. The predicted molar refractivity (Wildman–Crippen MR) is 60.5 cm³/mol. The molecule has 2 rings (SSSR count). The van der Waals surface area contributed by atoms with Crippen LogP contribution in [0.2, 0.25) is 0 Å². The topological polar surface area (TPSA) is 53.7 Å². The van der Waals surface area contributed by atoms with E-state index in [1.54, 1.807) is 0 Å². The lowest BCUT2D eigenvalue weighted by Crippen LogP contribution is -2.10. The van der Waals surface area contributed by atoms with E-state index in [-0.39, 0.29) is 5.76 Å². The molecule has 1 N–H and O–H groups in total. The highest BCUT2D eigenvalue weighted by atomic mass is 19.1. The largest absolute Gasteiger partial charge is 0.475 e. The molecule has 1 aromatic carbocycles. The zero-order valence-corrected chi connectivity index (χ0v) is 9.53. The van der Waals surface area contributed by atoms with Crippen LogP contribution in [0, 0.1) is 5.82 Å². The number of carboxylic acids is 1. The first-order valence-corrected chi connectivity index (χ1v) is 5.07. The molecular formula is C12H12FNO3. The third-order valence-corrected chi connectivity index (χ3v) is 2.36. The van der Waals surface area contributed by atoms with Crippen molar-refractivity contribution in [2.24, 2.45) is 0 Å². The molecule has 1 heterocycles. The van der Waals surface area contributed by atoms with Crippen molar-refractivity contribution >= 4 is 16.9 Å². The van der Waals surface area contributed by atoms with Crippen LogP contribution in [0.4, 0.5) is 4.39 Å². The molecule has 5 heteroatoms. The summed E-state index contributed by atoms with van der Waals surface area (Å²) in [6.45, 7) is 0.487. The average Bonchev–Trinajstić information content (AvgIpc) is 2.60. The highest BCUT2D eigenvalue weighted by Gasteiger charge is 2.14.